The third-order valence-electron chi connectivity index (χ3n) is 5.32. The Bertz CT molecular complexity index is 772. The highest BCUT2D eigenvalue weighted by Crippen LogP contribution is 2.35. The van der Waals surface area contributed by atoms with Gasteiger partial charge in [0, 0.05) is 30.3 Å². The smallest absolute Gasteiger partial charge is 0.254 e. The molecule has 0 bridgehead atoms. The van der Waals surface area contributed by atoms with E-state index in [4.69, 9.17) is 10.5 Å². The highest BCUT2D eigenvalue weighted by Gasteiger charge is 2.35. The summed E-state index contributed by atoms with van der Waals surface area (Å²) in [7, 11) is 0. The lowest BCUT2D eigenvalue weighted by Crippen LogP contribution is -2.46. The standard InChI is InChI=1S/C21H25N3O2/c22-12-20(15-6-2-1-3-7-15)26-19-10-4-9-17-18(19)14-24(21(17)25)16-8-5-11-23-13-16/h1-4,6-7,9-10,16,20,23H,5,8,11-14,22H2. The summed E-state index contributed by atoms with van der Waals surface area (Å²) in [6, 6.07) is 16.0. The molecule has 2 aromatic carbocycles. The molecule has 0 aromatic heterocycles. The number of rotatable bonds is 5. The molecule has 2 aromatic rings. The molecular formula is C21H25N3O2. The van der Waals surface area contributed by atoms with Gasteiger partial charge in [0.05, 0.1) is 6.54 Å². The number of hydrogen-bond acceptors (Lipinski definition) is 4. The zero-order chi connectivity index (χ0) is 17.9. The van der Waals surface area contributed by atoms with Crippen LogP contribution in [0.2, 0.25) is 0 Å². The molecular weight excluding hydrogens is 326 g/mol. The summed E-state index contributed by atoms with van der Waals surface area (Å²) >= 11 is 0. The monoisotopic (exact) mass is 351 g/mol. The van der Waals surface area contributed by atoms with E-state index in [1.807, 2.05) is 53.4 Å². The SMILES string of the molecule is NCC(Oc1cccc2c1CN(C1CCCNC1)C2=O)c1ccccc1. The second kappa shape index (κ2) is 7.48. The van der Waals surface area contributed by atoms with Gasteiger partial charge < -0.3 is 20.7 Å². The molecule has 0 radical (unpaired) electrons. The Hall–Kier alpha value is -2.37. The van der Waals surface area contributed by atoms with Crippen LogP contribution in [-0.4, -0.2) is 36.5 Å². The normalized spacial score (nSPS) is 20.7. The van der Waals surface area contributed by atoms with Gasteiger partial charge >= 0.3 is 0 Å². The van der Waals surface area contributed by atoms with Crippen molar-refractivity contribution < 1.29 is 9.53 Å². The van der Waals surface area contributed by atoms with Crippen molar-refractivity contribution in [1.29, 1.82) is 0 Å². The number of nitrogens with zero attached hydrogens (tertiary/aromatic N) is 1. The predicted molar refractivity (Wildman–Crippen MR) is 101 cm³/mol. The first-order chi connectivity index (χ1) is 12.8. The second-order valence-electron chi connectivity index (χ2n) is 6.97. The largest absolute Gasteiger partial charge is 0.484 e. The molecule has 0 saturated carbocycles. The van der Waals surface area contributed by atoms with Gasteiger partial charge in [-0.25, -0.2) is 0 Å². The lowest BCUT2D eigenvalue weighted by atomic mass is 10.1. The zero-order valence-electron chi connectivity index (χ0n) is 14.9. The minimum absolute atomic E-state index is 0.114. The molecule has 2 aliphatic rings. The van der Waals surface area contributed by atoms with Crippen LogP contribution in [0, 0.1) is 0 Å². The van der Waals surface area contributed by atoms with E-state index in [1.165, 1.54) is 0 Å². The van der Waals surface area contributed by atoms with E-state index in [2.05, 4.69) is 5.32 Å². The minimum Gasteiger partial charge on any atom is -0.484 e. The quantitative estimate of drug-likeness (QED) is 0.868. The van der Waals surface area contributed by atoms with Crippen LogP contribution in [0.25, 0.3) is 0 Å². The number of hydrogen-bond donors (Lipinski definition) is 2. The molecule has 4 rings (SSSR count). The average Bonchev–Trinajstić information content (AvgIpc) is 3.05. The van der Waals surface area contributed by atoms with Crippen LogP contribution in [0.5, 0.6) is 5.75 Å². The lowest BCUT2D eigenvalue weighted by molar-refractivity contribution is 0.0674. The van der Waals surface area contributed by atoms with Gasteiger partial charge in [-0.15, -0.1) is 0 Å². The Labute approximate surface area is 154 Å². The van der Waals surface area contributed by atoms with E-state index >= 15 is 0 Å². The molecule has 0 spiro atoms. The molecule has 2 atom stereocenters. The molecule has 26 heavy (non-hydrogen) atoms. The number of nitrogens with one attached hydrogen (secondary N) is 1. The van der Waals surface area contributed by atoms with Crippen molar-refractivity contribution in [2.24, 2.45) is 5.73 Å². The molecule has 2 aliphatic heterocycles. The van der Waals surface area contributed by atoms with Crippen molar-refractivity contribution in [3.63, 3.8) is 0 Å². The fourth-order valence-corrected chi connectivity index (χ4v) is 3.90. The average molecular weight is 351 g/mol. The van der Waals surface area contributed by atoms with E-state index in [-0.39, 0.29) is 18.1 Å². The number of ether oxygens (including phenoxy) is 1. The van der Waals surface area contributed by atoms with E-state index < -0.39 is 0 Å². The van der Waals surface area contributed by atoms with Gasteiger partial charge in [-0.3, -0.25) is 4.79 Å². The van der Waals surface area contributed by atoms with Crippen molar-refractivity contribution in [1.82, 2.24) is 10.2 Å². The van der Waals surface area contributed by atoms with Crippen molar-refractivity contribution in [3.8, 4) is 5.75 Å². The molecule has 5 heteroatoms. The lowest BCUT2D eigenvalue weighted by Gasteiger charge is -2.31. The van der Waals surface area contributed by atoms with Gasteiger partial charge in [-0.2, -0.15) is 0 Å². The van der Waals surface area contributed by atoms with Crippen LogP contribution in [-0.2, 0) is 6.54 Å². The first-order valence-electron chi connectivity index (χ1n) is 9.33. The summed E-state index contributed by atoms with van der Waals surface area (Å²) < 4.78 is 6.26. The highest BCUT2D eigenvalue weighted by molar-refractivity contribution is 5.99. The second-order valence-corrected chi connectivity index (χ2v) is 6.97. The van der Waals surface area contributed by atoms with Gasteiger partial charge in [-0.05, 0) is 37.1 Å². The Morgan fingerprint density at radius 2 is 2.04 bits per heavy atom. The molecule has 1 amide bonds. The van der Waals surface area contributed by atoms with Crippen LogP contribution in [0.4, 0.5) is 0 Å². The van der Waals surface area contributed by atoms with Crippen LogP contribution >= 0.6 is 0 Å². The van der Waals surface area contributed by atoms with Gasteiger partial charge in [0.2, 0.25) is 0 Å². The van der Waals surface area contributed by atoms with Gasteiger partial charge in [0.1, 0.15) is 11.9 Å². The summed E-state index contributed by atoms with van der Waals surface area (Å²) in [5.41, 5.74) is 8.75. The number of amides is 1. The molecule has 1 saturated heterocycles. The number of fused-ring (bicyclic) bond motifs is 1. The number of carbonyl (C=O) groups is 1. The summed E-state index contributed by atoms with van der Waals surface area (Å²) in [5, 5.41) is 3.39. The van der Waals surface area contributed by atoms with Gasteiger partial charge in [0.25, 0.3) is 5.91 Å². The Morgan fingerprint density at radius 3 is 2.77 bits per heavy atom. The van der Waals surface area contributed by atoms with Gasteiger partial charge in [-0.1, -0.05) is 36.4 Å². The fraction of sp³-hybridized carbons (Fsp3) is 0.381. The molecule has 2 unspecified atom stereocenters. The summed E-state index contributed by atoms with van der Waals surface area (Å²) in [6.45, 7) is 2.90. The highest BCUT2D eigenvalue weighted by atomic mass is 16.5. The van der Waals surface area contributed by atoms with Crippen LogP contribution in [0.3, 0.4) is 0 Å². The third-order valence-corrected chi connectivity index (χ3v) is 5.32. The first-order valence-corrected chi connectivity index (χ1v) is 9.33. The molecule has 5 nitrogen and oxygen atoms in total. The number of nitrogens with two attached hydrogens (primary N) is 1. The number of benzene rings is 2. The molecule has 1 fully saturated rings. The topological polar surface area (TPSA) is 67.6 Å². The van der Waals surface area contributed by atoms with Gasteiger partial charge in [0.15, 0.2) is 0 Å². The summed E-state index contributed by atoms with van der Waals surface area (Å²) in [4.78, 5) is 14.9. The maximum absolute atomic E-state index is 12.9. The Morgan fingerprint density at radius 1 is 1.19 bits per heavy atom. The number of carbonyl (C=O) groups excluding carboxylic acids is 1. The third kappa shape index (κ3) is 3.20. The van der Waals surface area contributed by atoms with Crippen molar-refractivity contribution >= 4 is 5.91 Å². The molecule has 2 heterocycles. The van der Waals surface area contributed by atoms with Crippen LogP contribution in [0.15, 0.2) is 48.5 Å². The van der Waals surface area contributed by atoms with Crippen molar-refractivity contribution in [2.75, 3.05) is 19.6 Å². The molecule has 136 valence electrons. The van der Waals surface area contributed by atoms with Crippen LogP contribution in [0.1, 0.15) is 40.4 Å². The summed E-state index contributed by atoms with van der Waals surface area (Å²) in [5.74, 6) is 0.879. The van der Waals surface area contributed by atoms with Crippen molar-refractivity contribution in [2.45, 2.75) is 31.5 Å². The maximum Gasteiger partial charge on any atom is 0.254 e. The van der Waals surface area contributed by atoms with E-state index in [1.54, 1.807) is 0 Å². The first kappa shape index (κ1) is 17.1. The predicted octanol–water partition coefficient (Wildman–Crippen LogP) is 2.47. The molecule has 3 N–H and O–H groups in total. The maximum atomic E-state index is 12.9. The Balaban J connectivity index is 1.58. The fourth-order valence-electron chi connectivity index (χ4n) is 3.90. The minimum atomic E-state index is -0.219. The molecule has 0 aliphatic carbocycles. The van der Waals surface area contributed by atoms with E-state index in [0.717, 1.165) is 48.4 Å². The van der Waals surface area contributed by atoms with Crippen molar-refractivity contribution in [3.05, 3.63) is 65.2 Å². The summed E-state index contributed by atoms with van der Waals surface area (Å²) in [6.07, 6.45) is 1.94. The van der Waals surface area contributed by atoms with Crippen LogP contribution < -0.4 is 15.8 Å². The zero-order valence-corrected chi connectivity index (χ0v) is 14.9. The van der Waals surface area contributed by atoms with E-state index in [9.17, 15) is 4.79 Å². The Kier molecular flexibility index (Phi) is 4.91. The number of piperidine rings is 1. The van der Waals surface area contributed by atoms with E-state index in [0.29, 0.717) is 13.1 Å².